The Morgan fingerprint density at radius 2 is 1.95 bits per heavy atom. The van der Waals surface area contributed by atoms with Crippen LogP contribution >= 0.6 is 15.9 Å². The van der Waals surface area contributed by atoms with E-state index in [0.29, 0.717) is 5.69 Å². The summed E-state index contributed by atoms with van der Waals surface area (Å²) in [5.74, 6) is -0.387. The van der Waals surface area contributed by atoms with Crippen LogP contribution in [0.25, 0.3) is 5.69 Å². The van der Waals surface area contributed by atoms with Crippen LogP contribution in [0.1, 0.15) is 22.8 Å². The molecule has 0 unspecified atom stereocenters. The number of hydrogen-bond donors (Lipinski definition) is 1. The van der Waals surface area contributed by atoms with Crippen LogP contribution in [0.15, 0.2) is 38.5 Å². The van der Waals surface area contributed by atoms with Gasteiger partial charge in [-0.25, -0.2) is 9.36 Å². The van der Waals surface area contributed by atoms with Gasteiger partial charge < -0.3 is 4.98 Å². The number of aromatic nitrogens is 2. The van der Waals surface area contributed by atoms with Crippen molar-refractivity contribution >= 4 is 21.7 Å². The number of rotatable bonds is 2. The van der Waals surface area contributed by atoms with Gasteiger partial charge >= 0.3 is 5.69 Å². The van der Waals surface area contributed by atoms with E-state index < -0.39 is 11.2 Å². The molecule has 0 saturated carbocycles. The van der Waals surface area contributed by atoms with Crippen molar-refractivity contribution in [3.63, 3.8) is 0 Å². The van der Waals surface area contributed by atoms with Gasteiger partial charge in [0.2, 0.25) is 0 Å². The molecule has 0 aliphatic carbocycles. The van der Waals surface area contributed by atoms with Crippen molar-refractivity contribution in [3.8, 4) is 5.69 Å². The van der Waals surface area contributed by atoms with Crippen molar-refractivity contribution in [3.05, 3.63) is 60.8 Å². The topological polar surface area (TPSA) is 71.9 Å². The Bertz CT molecular complexity index is 754. The Kier molecular flexibility index (Phi) is 3.53. The molecule has 1 aromatic carbocycles. The van der Waals surface area contributed by atoms with E-state index >= 15 is 0 Å². The van der Waals surface area contributed by atoms with E-state index in [1.54, 1.807) is 12.1 Å². The van der Waals surface area contributed by atoms with Crippen LogP contribution in [0, 0.1) is 6.92 Å². The fraction of sp³-hybridized carbons (Fsp3) is 0.154. The highest BCUT2D eigenvalue weighted by Gasteiger charge is 2.12. The smallest absolute Gasteiger partial charge is 0.313 e. The number of H-pyrrole nitrogens is 1. The number of aromatic amines is 1. The SMILES string of the molecule is CC(=O)c1c[nH]c(=O)n(-c2cc(C)cc(Br)c2)c1=O. The van der Waals surface area contributed by atoms with Gasteiger partial charge in [0.25, 0.3) is 5.56 Å². The zero-order valence-electron chi connectivity index (χ0n) is 10.4. The summed E-state index contributed by atoms with van der Waals surface area (Å²) in [5, 5.41) is 0. The maximum Gasteiger partial charge on any atom is 0.333 e. The molecule has 2 rings (SSSR count). The third-order valence-corrected chi connectivity index (χ3v) is 3.10. The maximum absolute atomic E-state index is 12.2. The van der Waals surface area contributed by atoms with Crippen LogP contribution < -0.4 is 11.2 Å². The molecule has 1 N–H and O–H groups in total. The average molecular weight is 323 g/mol. The molecule has 2 aromatic rings. The molecule has 0 bridgehead atoms. The van der Waals surface area contributed by atoms with E-state index in [0.717, 1.165) is 20.8 Å². The summed E-state index contributed by atoms with van der Waals surface area (Å²) in [6.45, 7) is 3.13. The van der Waals surface area contributed by atoms with Gasteiger partial charge in [0, 0.05) is 10.7 Å². The molecular formula is C13H11BrN2O3. The first-order valence-electron chi connectivity index (χ1n) is 5.53. The summed E-state index contributed by atoms with van der Waals surface area (Å²) >= 11 is 3.31. The van der Waals surface area contributed by atoms with Gasteiger partial charge in [0.1, 0.15) is 0 Å². The number of aryl methyl sites for hydroxylation is 1. The molecule has 19 heavy (non-hydrogen) atoms. The van der Waals surface area contributed by atoms with E-state index in [9.17, 15) is 14.4 Å². The van der Waals surface area contributed by atoms with Crippen molar-refractivity contribution in [1.29, 1.82) is 0 Å². The predicted octanol–water partition coefficient (Wildman–Crippen LogP) is 1.80. The number of benzene rings is 1. The van der Waals surface area contributed by atoms with Crippen molar-refractivity contribution in [2.45, 2.75) is 13.8 Å². The van der Waals surface area contributed by atoms with E-state index in [2.05, 4.69) is 20.9 Å². The number of Topliss-reactive ketones (excluding diaryl/α,β-unsaturated/α-hetero) is 1. The molecule has 0 spiro atoms. The van der Waals surface area contributed by atoms with Gasteiger partial charge in [0.15, 0.2) is 5.78 Å². The maximum atomic E-state index is 12.2. The number of nitrogens with zero attached hydrogens (tertiary/aromatic N) is 1. The monoisotopic (exact) mass is 322 g/mol. The van der Waals surface area contributed by atoms with Crippen LogP contribution in [0.3, 0.4) is 0 Å². The third-order valence-electron chi connectivity index (χ3n) is 2.64. The molecule has 0 aliphatic heterocycles. The zero-order chi connectivity index (χ0) is 14.2. The van der Waals surface area contributed by atoms with Crippen molar-refractivity contribution in [2.24, 2.45) is 0 Å². The molecule has 1 aromatic heterocycles. The lowest BCUT2D eigenvalue weighted by Crippen LogP contribution is -2.36. The number of nitrogens with one attached hydrogen (secondary N) is 1. The average Bonchev–Trinajstić information content (AvgIpc) is 2.26. The van der Waals surface area contributed by atoms with Crippen LogP contribution in [-0.2, 0) is 0 Å². The highest BCUT2D eigenvalue weighted by atomic mass is 79.9. The Morgan fingerprint density at radius 3 is 2.53 bits per heavy atom. The first-order valence-corrected chi connectivity index (χ1v) is 6.32. The van der Waals surface area contributed by atoms with Gasteiger partial charge in [-0.1, -0.05) is 15.9 Å². The second-order valence-corrected chi connectivity index (χ2v) is 5.11. The number of carbonyl (C=O) groups is 1. The lowest BCUT2D eigenvalue weighted by Gasteiger charge is -2.07. The number of hydrogen-bond acceptors (Lipinski definition) is 3. The van der Waals surface area contributed by atoms with Gasteiger partial charge in [-0.2, -0.15) is 0 Å². The van der Waals surface area contributed by atoms with Crippen LogP contribution in [0.2, 0.25) is 0 Å². The van der Waals surface area contributed by atoms with Crippen molar-refractivity contribution in [1.82, 2.24) is 9.55 Å². The minimum Gasteiger partial charge on any atom is -0.313 e. The summed E-state index contributed by atoms with van der Waals surface area (Å²) < 4.78 is 1.70. The Balaban J connectivity index is 2.82. The molecule has 0 saturated heterocycles. The lowest BCUT2D eigenvalue weighted by molar-refractivity contribution is 0.101. The van der Waals surface area contributed by atoms with Crippen LogP contribution in [0.5, 0.6) is 0 Å². The molecule has 0 atom stereocenters. The number of ketones is 1. The molecule has 6 heteroatoms. The fourth-order valence-corrected chi connectivity index (χ4v) is 2.40. The van der Waals surface area contributed by atoms with Gasteiger partial charge in [0.05, 0.1) is 11.3 Å². The molecule has 98 valence electrons. The Hall–Kier alpha value is -1.95. The molecular weight excluding hydrogens is 312 g/mol. The summed E-state index contributed by atoms with van der Waals surface area (Å²) in [4.78, 5) is 37.7. The van der Waals surface area contributed by atoms with E-state index in [-0.39, 0.29) is 11.3 Å². The van der Waals surface area contributed by atoms with E-state index in [1.807, 2.05) is 13.0 Å². The molecule has 0 aliphatic rings. The quantitative estimate of drug-likeness (QED) is 0.857. The minimum absolute atomic E-state index is 0.0442. The lowest BCUT2D eigenvalue weighted by atomic mass is 10.2. The second kappa shape index (κ2) is 4.97. The highest BCUT2D eigenvalue weighted by molar-refractivity contribution is 9.10. The summed E-state index contributed by atoms with van der Waals surface area (Å²) in [5.41, 5.74) is 0.0728. The summed E-state index contributed by atoms with van der Waals surface area (Å²) in [7, 11) is 0. The van der Waals surface area contributed by atoms with Gasteiger partial charge in [-0.3, -0.25) is 9.59 Å². The Morgan fingerprint density at radius 1 is 1.26 bits per heavy atom. The first kappa shape index (κ1) is 13.5. The van der Waals surface area contributed by atoms with E-state index in [1.165, 1.54) is 6.92 Å². The van der Waals surface area contributed by atoms with Gasteiger partial charge in [-0.05, 0) is 37.6 Å². The third kappa shape index (κ3) is 2.58. The molecule has 0 radical (unpaired) electrons. The normalized spacial score (nSPS) is 10.5. The Labute approximate surface area is 117 Å². The summed E-state index contributed by atoms with van der Waals surface area (Å²) in [6, 6.07) is 5.20. The highest BCUT2D eigenvalue weighted by Crippen LogP contribution is 2.16. The summed E-state index contributed by atoms with van der Waals surface area (Å²) in [6.07, 6.45) is 1.15. The van der Waals surface area contributed by atoms with Crippen LogP contribution in [-0.4, -0.2) is 15.3 Å². The van der Waals surface area contributed by atoms with Crippen molar-refractivity contribution < 1.29 is 4.79 Å². The van der Waals surface area contributed by atoms with E-state index in [4.69, 9.17) is 0 Å². The van der Waals surface area contributed by atoms with Crippen LogP contribution in [0.4, 0.5) is 0 Å². The largest absolute Gasteiger partial charge is 0.333 e. The molecule has 1 heterocycles. The van der Waals surface area contributed by atoms with Gasteiger partial charge in [-0.15, -0.1) is 0 Å². The molecule has 0 fully saturated rings. The predicted molar refractivity (Wildman–Crippen MR) is 75.1 cm³/mol. The number of halogens is 1. The molecule has 5 nitrogen and oxygen atoms in total. The minimum atomic E-state index is -0.617. The number of carbonyl (C=O) groups excluding carboxylic acids is 1. The fourth-order valence-electron chi connectivity index (χ4n) is 1.81. The zero-order valence-corrected chi connectivity index (χ0v) is 11.9. The molecule has 0 amide bonds. The standard InChI is InChI=1S/C13H11BrN2O3/c1-7-3-9(14)5-10(4-7)16-12(18)11(8(2)17)6-15-13(16)19/h3-6H,1-2H3,(H,15,19). The first-order chi connectivity index (χ1) is 8.90. The second-order valence-electron chi connectivity index (χ2n) is 4.19. The van der Waals surface area contributed by atoms with Crippen molar-refractivity contribution in [2.75, 3.05) is 0 Å².